The molecule has 0 aromatic heterocycles. The van der Waals surface area contributed by atoms with Gasteiger partial charge < -0.3 is 10.8 Å². The number of rotatable bonds is 8. The van der Waals surface area contributed by atoms with Gasteiger partial charge in [-0.05, 0) is 36.3 Å². The Kier molecular flexibility index (Phi) is 8.11. The number of aliphatic hydroxyl groups is 1. The van der Waals surface area contributed by atoms with Gasteiger partial charge in [0.25, 0.3) is 5.91 Å². The van der Waals surface area contributed by atoms with Gasteiger partial charge in [-0.3, -0.25) is 15.2 Å². The van der Waals surface area contributed by atoms with Crippen molar-refractivity contribution in [3.63, 3.8) is 0 Å². The monoisotopic (exact) mass is 375 g/mol. The molecule has 0 bridgehead atoms. The molecule has 152 valence electrons. The number of carbonyl (C=O) groups excluding carboxylic acids is 1. The van der Waals surface area contributed by atoms with Crippen molar-refractivity contribution in [2.45, 2.75) is 77.9 Å². The minimum Gasteiger partial charge on any atom is -0.382 e. The van der Waals surface area contributed by atoms with Crippen molar-refractivity contribution < 1.29 is 9.90 Å². The van der Waals surface area contributed by atoms with Crippen LogP contribution in [0.5, 0.6) is 0 Å². The van der Waals surface area contributed by atoms with E-state index in [0.717, 1.165) is 24.9 Å². The van der Waals surface area contributed by atoms with Crippen molar-refractivity contribution >= 4 is 11.6 Å². The molecule has 0 spiro atoms. The Balaban J connectivity index is 1.96. The number of aliphatic hydroxyl groups excluding tert-OH is 1. The lowest BCUT2D eigenvalue weighted by Gasteiger charge is -2.31. The van der Waals surface area contributed by atoms with E-state index >= 15 is 0 Å². The predicted octanol–water partition coefficient (Wildman–Crippen LogP) is 3.62. The molecular formula is C22H37N3O2. The molecule has 4 N–H and O–H groups in total. The van der Waals surface area contributed by atoms with Crippen molar-refractivity contribution in [1.82, 2.24) is 5.43 Å². The number of amides is 1. The predicted molar refractivity (Wildman–Crippen MR) is 111 cm³/mol. The molecule has 1 unspecified atom stereocenters. The van der Waals surface area contributed by atoms with Crippen LogP contribution >= 0.6 is 0 Å². The summed E-state index contributed by atoms with van der Waals surface area (Å²) in [7, 11) is 0. The van der Waals surface area contributed by atoms with Crippen LogP contribution in [-0.2, 0) is 4.79 Å². The number of hydrazine groups is 1. The van der Waals surface area contributed by atoms with E-state index in [1.807, 2.05) is 35.3 Å². The fraction of sp³-hybridized carbons (Fsp3) is 0.682. The van der Waals surface area contributed by atoms with Gasteiger partial charge in [-0.15, -0.1) is 0 Å². The van der Waals surface area contributed by atoms with Crippen molar-refractivity contribution in [2.75, 3.05) is 11.6 Å². The van der Waals surface area contributed by atoms with Gasteiger partial charge in [-0.25, -0.2) is 0 Å². The van der Waals surface area contributed by atoms with Crippen LogP contribution in [0.3, 0.4) is 0 Å². The average molecular weight is 376 g/mol. The second-order valence-electron chi connectivity index (χ2n) is 9.12. The number of benzene rings is 1. The minimum atomic E-state index is -1.19. The maximum atomic E-state index is 12.7. The van der Waals surface area contributed by atoms with E-state index in [9.17, 15) is 9.90 Å². The minimum absolute atomic E-state index is 0.147. The van der Waals surface area contributed by atoms with Crippen LogP contribution in [0.1, 0.15) is 65.7 Å². The highest BCUT2D eigenvalue weighted by molar-refractivity contribution is 5.82. The summed E-state index contributed by atoms with van der Waals surface area (Å²) in [6.45, 7) is 7.19. The highest BCUT2D eigenvalue weighted by atomic mass is 16.3. The summed E-state index contributed by atoms with van der Waals surface area (Å²) in [6.07, 6.45) is 6.49. The third-order valence-corrected chi connectivity index (χ3v) is 5.40. The lowest BCUT2D eigenvalue weighted by Crippen LogP contribution is -2.53. The van der Waals surface area contributed by atoms with Gasteiger partial charge in [0.05, 0.1) is 5.69 Å². The first-order valence-electron chi connectivity index (χ1n) is 10.3. The van der Waals surface area contributed by atoms with E-state index in [1.54, 1.807) is 0 Å². The molecule has 0 aliphatic heterocycles. The van der Waals surface area contributed by atoms with Crippen LogP contribution in [0, 0.1) is 11.3 Å². The Labute approximate surface area is 164 Å². The van der Waals surface area contributed by atoms with Crippen LogP contribution in [0.4, 0.5) is 5.69 Å². The molecule has 0 heterocycles. The lowest BCUT2D eigenvalue weighted by atomic mass is 9.84. The van der Waals surface area contributed by atoms with E-state index in [-0.39, 0.29) is 5.41 Å². The number of nitrogens with zero attached hydrogens (tertiary/aromatic N) is 1. The van der Waals surface area contributed by atoms with Gasteiger partial charge in [0.1, 0.15) is 6.10 Å². The molecule has 1 aliphatic carbocycles. The van der Waals surface area contributed by atoms with Crippen molar-refractivity contribution in [2.24, 2.45) is 17.1 Å². The number of hydrogen-bond donors (Lipinski definition) is 3. The first-order valence-corrected chi connectivity index (χ1v) is 10.3. The van der Waals surface area contributed by atoms with Crippen LogP contribution in [0.25, 0.3) is 0 Å². The third kappa shape index (κ3) is 7.51. The maximum absolute atomic E-state index is 12.7. The van der Waals surface area contributed by atoms with Gasteiger partial charge in [0.2, 0.25) is 0 Å². The molecule has 0 radical (unpaired) electrons. The first kappa shape index (κ1) is 21.7. The van der Waals surface area contributed by atoms with Crippen LogP contribution < -0.4 is 16.2 Å². The summed E-state index contributed by atoms with van der Waals surface area (Å²) >= 11 is 0. The molecule has 1 fully saturated rings. The van der Waals surface area contributed by atoms with Crippen molar-refractivity contribution in [3.05, 3.63) is 30.3 Å². The molecule has 27 heavy (non-hydrogen) atoms. The molecule has 5 nitrogen and oxygen atoms in total. The van der Waals surface area contributed by atoms with Crippen LogP contribution in [-0.4, -0.2) is 29.7 Å². The average Bonchev–Trinajstić information content (AvgIpc) is 2.65. The Morgan fingerprint density at radius 2 is 1.85 bits per heavy atom. The van der Waals surface area contributed by atoms with Gasteiger partial charge in [0, 0.05) is 12.6 Å². The Morgan fingerprint density at radius 1 is 1.22 bits per heavy atom. The third-order valence-electron chi connectivity index (χ3n) is 5.40. The molecule has 1 aromatic rings. The molecule has 0 saturated heterocycles. The molecule has 2 rings (SSSR count). The zero-order chi connectivity index (χ0) is 19.9. The fourth-order valence-electron chi connectivity index (χ4n) is 3.63. The normalized spacial score (nSPS) is 18.0. The first-order chi connectivity index (χ1) is 12.8. The number of nitrogens with two attached hydrogens (primary N) is 1. The summed E-state index contributed by atoms with van der Waals surface area (Å²) < 4.78 is 0. The number of hydrogen-bond acceptors (Lipinski definition) is 4. The zero-order valence-electron chi connectivity index (χ0n) is 17.2. The summed E-state index contributed by atoms with van der Waals surface area (Å²) in [5, 5.41) is 12.3. The van der Waals surface area contributed by atoms with E-state index in [1.165, 1.54) is 19.3 Å². The molecule has 5 heteroatoms. The summed E-state index contributed by atoms with van der Waals surface area (Å²) in [4.78, 5) is 12.7. The highest BCUT2D eigenvalue weighted by Crippen LogP contribution is 2.27. The summed E-state index contributed by atoms with van der Waals surface area (Å²) in [6, 6.07) is 9.22. The lowest BCUT2D eigenvalue weighted by molar-refractivity contribution is -0.130. The van der Waals surface area contributed by atoms with Crippen LogP contribution in [0.2, 0.25) is 0 Å². The molecular weight excluding hydrogens is 338 g/mol. The van der Waals surface area contributed by atoms with E-state index in [4.69, 9.17) is 5.73 Å². The van der Waals surface area contributed by atoms with Crippen molar-refractivity contribution in [3.8, 4) is 0 Å². The number of para-hydroxylation sites is 1. The van der Waals surface area contributed by atoms with Crippen molar-refractivity contribution in [1.29, 1.82) is 0 Å². The fourth-order valence-corrected chi connectivity index (χ4v) is 3.63. The molecule has 1 amide bonds. The van der Waals surface area contributed by atoms with Gasteiger partial charge >= 0.3 is 0 Å². The number of nitrogens with one attached hydrogen (secondary N) is 1. The SMILES string of the molecule is CC(C)(C)CCN(NC(=O)C(O)[C@H](N)CC1CCCCC1)c1ccccc1. The second-order valence-corrected chi connectivity index (χ2v) is 9.12. The smallest absolute Gasteiger partial charge is 0.268 e. The van der Waals surface area contributed by atoms with E-state index < -0.39 is 18.1 Å². The van der Waals surface area contributed by atoms with E-state index in [0.29, 0.717) is 18.9 Å². The Hall–Kier alpha value is -1.59. The topological polar surface area (TPSA) is 78.6 Å². The molecule has 1 aromatic carbocycles. The maximum Gasteiger partial charge on any atom is 0.268 e. The second kappa shape index (κ2) is 10.1. The van der Waals surface area contributed by atoms with Gasteiger partial charge in [-0.1, -0.05) is 71.1 Å². The zero-order valence-corrected chi connectivity index (χ0v) is 17.2. The molecule has 1 saturated carbocycles. The quantitative estimate of drug-likeness (QED) is 0.607. The summed E-state index contributed by atoms with van der Waals surface area (Å²) in [5.74, 6) is 0.110. The number of carbonyl (C=O) groups is 1. The van der Waals surface area contributed by atoms with E-state index in [2.05, 4.69) is 26.2 Å². The highest BCUT2D eigenvalue weighted by Gasteiger charge is 2.28. The Bertz CT molecular complexity index is 565. The Morgan fingerprint density at radius 3 is 2.44 bits per heavy atom. The number of anilines is 1. The largest absolute Gasteiger partial charge is 0.382 e. The van der Waals surface area contributed by atoms with Crippen LogP contribution in [0.15, 0.2) is 30.3 Å². The van der Waals surface area contributed by atoms with Gasteiger partial charge in [-0.2, -0.15) is 0 Å². The molecule has 2 atom stereocenters. The summed E-state index contributed by atoms with van der Waals surface area (Å²) in [5.41, 5.74) is 10.1. The standard InChI is InChI=1S/C22H37N3O2/c1-22(2,3)14-15-25(18-12-8-5-9-13-18)24-21(27)20(26)19(23)16-17-10-6-4-7-11-17/h5,8-9,12-13,17,19-20,26H,4,6-7,10-11,14-16,23H2,1-3H3,(H,24,27)/t19-,20?/m1/s1. The van der Waals surface area contributed by atoms with Gasteiger partial charge in [0.15, 0.2) is 0 Å². The molecule has 1 aliphatic rings.